The molecule has 1 amide bonds. The number of aliphatic imine (C=N–C) groups is 1. The Morgan fingerprint density at radius 1 is 1.28 bits per heavy atom. The first-order valence-electron chi connectivity index (χ1n) is 11.8. The maximum atomic E-state index is 12.7. The average Bonchev–Trinajstić information content (AvgIpc) is 2.73. The van der Waals surface area contributed by atoms with Crippen molar-refractivity contribution in [2.45, 2.75) is 72.4 Å². The van der Waals surface area contributed by atoms with Gasteiger partial charge in [0.05, 0.1) is 6.54 Å². The lowest BCUT2D eigenvalue weighted by molar-refractivity contribution is 0.0232. The molecular formula is C24H43N5O3. The molecule has 0 saturated heterocycles. The Balaban J connectivity index is 2.65. The zero-order valence-corrected chi connectivity index (χ0v) is 20.6. The first-order valence-corrected chi connectivity index (χ1v) is 11.8. The van der Waals surface area contributed by atoms with E-state index in [9.17, 15) is 9.90 Å². The van der Waals surface area contributed by atoms with Crippen molar-refractivity contribution in [3.05, 3.63) is 30.1 Å². The monoisotopic (exact) mass is 449 g/mol. The highest BCUT2D eigenvalue weighted by molar-refractivity contribution is 5.79. The molecule has 1 aromatic heterocycles. The molecule has 182 valence electrons. The number of hydrogen-bond donors (Lipinski definition) is 3. The van der Waals surface area contributed by atoms with E-state index in [1.54, 1.807) is 17.3 Å². The number of guanidine groups is 1. The van der Waals surface area contributed by atoms with Crippen LogP contribution in [-0.2, 0) is 11.3 Å². The van der Waals surface area contributed by atoms with E-state index >= 15 is 0 Å². The lowest BCUT2D eigenvalue weighted by Gasteiger charge is -2.27. The van der Waals surface area contributed by atoms with Crippen LogP contribution in [0.2, 0.25) is 0 Å². The average molecular weight is 450 g/mol. The molecule has 0 aromatic carbocycles. The second-order valence-electron chi connectivity index (χ2n) is 8.93. The van der Waals surface area contributed by atoms with Crippen molar-refractivity contribution < 1.29 is 14.6 Å². The van der Waals surface area contributed by atoms with Gasteiger partial charge in [-0.05, 0) is 64.5 Å². The lowest BCUT2D eigenvalue weighted by atomic mass is 10.0. The van der Waals surface area contributed by atoms with E-state index in [2.05, 4.69) is 27.5 Å². The summed E-state index contributed by atoms with van der Waals surface area (Å²) < 4.78 is 5.59. The summed E-state index contributed by atoms with van der Waals surface area (Å²) in [4.78, 5) is 23.2. The lowest BCUT2D eigenvalue weighted by Crippen LogP contribution is -2.40. The summed E-state index contributed by atoms with van der Waals surface area (Å²) in [5.41, 5.74) is 0.420. The predicted molar refractivity (Wildman–Crippen MR) is 130 cm³/mol. The Bertz CT molecular complexity index is 655. The molecule has 0 fully saturated rings. The smallest absolute Gasteiger partial charge is 0.410 e. The van der Waals surface area contributed by atoms with E-state index in [1.165, 1.54) is 0 Å². The predicted octanol–water partition coefficient (Wildman–Crippen LogP) is 3.56. The maximum absolute atomic E-state index is 12.7. The maximum Gasteiger partial charge on any atom is 0.410 e. The number of aliphatic hydroxyl groups excluding tert-OH is 1. The first kappa shape index (κ1) is 27.7. The number of amides is 1. The van der Waals surface area contributed by atoms with Crippen molar-refractivity contribution in [3.63, 3.8) is 0 Å². The number of hydrogen-bond acceptors (Lipinski definition) is 5. The molecule has 1 atom stereocenters. The molecule has 1 aromatic rings. The van der Waals surface area contributed by atoms with Crippen molar-refractivity contribution in [1.82, 2.24) is 20.5 Å². The Labute approximate surface area is 193 Å². The third kappa shape index (κ3) is 12.5. The van der Waals surface area contributed by atoms with E-state index in [0.29, 0.717) is 32.1 Å². The number of aromatic nitrogens is 1. The van der Waals surface area contributed by atoms with Crippen LogP contribution in [0.5, 0.6) is 0 Å². The highest BCUT2D eigenvalue weighted by Crippen LogP contribution is 2.13. The van der Waals surface area contributed by atoms with Gasteiger partial charge in [-0.3, -0.25) is 9.98 Å². The standard InChI is InChI=1S/C24H43N5O3/c1-6-10-20(12-16-30)18-28-22(26-7-2)27-14-9-15-29(23(31)32-24(3,4)5)19-21-11-8-13-25-17-21/h8,11,13,17,20,30H,6-7,9-10,12,14-16,18-19H2,1-5H3,(H2,26,27,28). The normalized spacial score (nSPS) is 12.9. The minimum absolute atomic E-state index is 0.196. The van der Waals surface area contributed by atoms with Crippen LogP contribution in [0, 0.1) is 5.92 Å². The van der Waals surface area contributed by atoms with Gasteiger partial charge < -0.3 is 25.4 Å². The number of aliphatic hydroxyl groups is 1. The van der Waals surface area contributed by atoms with Gasteiger partial charge in [0, 0.05) is 45.2 Å². The molecule has 0 radical (unpaired) electrons. The van der Waals surface area contributed by atoms with E-state index in [0.717, 1.165) is 43.8 Å². The summed E-state index contributed by atoms with van der Waals surface area (Å²) in [5.74, 6) is 1.16. The van der Waals surface area contributed by atoms with Crippen LogP contribution in [0.1, 0.15) is 65.9 Å². The molecule has 32 heavy (non-hydrogen) atoms. The minimum atomic E-state index is -0.545. The Kier molecular flexibility index (Phi) is 13.4. The van der Waals surface area contributed by atoms with Crippen LogP contribution < -0.4 is 10.6 Å². The molecule has 8 heteroatoms. The SMILES string of the molecule is CCCC(CCO)CN=C(NCC)NCCCN(Cc1cccnc1)C(=O)OC(C)(C)C. The number of nitrogens with one attached hydrogen (secondary N) is 2. The largest absolute Gasteiger partial charge is 0.444 e. The number of pyridine rings is 1. The number of carbonyl (C=O) groups excluding carboxylic acids is 1. The summed E-state index contributed by atoms with van der Waals surface area (Å²) in [5, 5.41) is 15.9. The zero-order chi connectivity index (χ0) is 23.8. The molecule has 3 N–H and O–H groups in total. The summed E-state index contributed by atoms with van der Waals surface area (Å²) in [6.07, 6.45) is 6.83. The number of rotatable bonds is 13. The van der Waals surface area contributed by atoms with Gasteiger partial charge in [-0.25, -0.2) is 4.79 Å². The van der Waals surface area contributed by atoms with Crippen molar-refractivity contribution in [3.8, 4) is 0 Å². The Morgan fingerprint density at radius 3 is 2.66 bits per heavy atom. The van der Waals surface area contributed by atoms with Gasteiger partial charge in [0.2, 0.25) is 0 Å². The molecule has 1 unspecified atom stereocenters. The van der Waals surface area contributed by atoms with Gasteiger partial charge in [0.1, 0.15) is 5.60 Å². The van der Waals surface area contributed by atoms with Crippen LogP contribution in [0.25, 0.3) is 0 Å². The number of carbonyl (C=O) groups is 1. The van der Waals surface area contributed by atoms with Crippen LogP contribution in [0.3, 0.4) is 0 Å². The summed E-state index contributed by atoms with van der Waals surface area (Å²) >= 11 is 0. The fourth-order valence-corrected chi connectivity index (χ4v) is 3.23. The molecule has 8 nitrogen and oxygen atoms in total. The summed E-state index contributed by atoms with van der Waals surface area (Å²) in [7, 11) is 0. The fourth-order valence-electron chi connectivity index (χ4n) is 3.23. The molecule has 0 aliphatic rings. The van der Waals surface area contributed by atoms with Crippen molar-refractivity contribution in [1.29, 1.82) is 0 Å². The van der Waals surface area contributed by atoms with Crippen LogP contribution >= 0.6 is 0 Å². The van der Waals surface area contributed by atoms with Gasteiger partial charge in [-0.1, -0.05) is 19.4 Å². The van der Waals surface area contributed by atoms with Crippen LogP contribution in [-0.4, -0.2) is 65.4 Å². The van der Waals surface area contributed by atoms with Crippen molar-refractivity contribution >= 4 is 12.1 Å². The second-order valence-corrected chi connectivity index (χ2v) is 8.93. The Morgan fingerprint density at radius 2 is 2.06 bits per heavy atom. The molecule has 1 heterocycles. The van der Waals surface area contributed by atoms with Crippen LogP contribution in [0.15, 0.2) is 29.5 Å². The third-order valence-corrected chi connectivity index (χ3v) is 4.73. The third-order valence-electron chi connectivity index (χ3n) is 4.73. The second kappa shape index (κ2) is 15.5. The molecular weight excluding hydrogens is 406 g/mol. The van der Waals surface area contributed by atoms with E-state index in [1.807, 2.05) is 39.8 Å². The summed E-state index contributed by atoms with van der Waals surface area (Å²) in [6, 6.07) is 3.82. The van der Waals surface area contributed by atoms with Gasteiger partial charge in [0.15, 0.2) is 5.96 Å². The first-order chi connectivity index (χ1) is 15.3. The Hall–Kier alpha value is -2.35. The molecule has 0 aliphatic heterocycles. The van der Waals surface area contributed by atoms with E-state index < -0.39 is 5.60 Å². The molecule has 0 bridgehead atoms. The van der Waals surface area contributed by atoms with Crippen LogP contribution in [0.4, 0.5) is 4.79 Å². The van der Waals surface area contributed by atoms with E-state index in [-0.39, 0.29) is 12.7 Å². The topological polar surface area (TPSA) is 99.1 Å². The molecule has 0 spiro atoms. The van der Waals surface area contributed by atoms with Gasteiger partial charge in [-0.2, -0.15) is 0 Å². The highest BCUT2D eigenvalue weighted by atomic mass is 16.6. The zero-order valence-electron chi connectivity index (χ0n) is 20.6. The van der Waals surface area contributed by atoms with Crippen molar-refractivity contribution in [2.24, 2.45) is 10.9 Å². The quantitative estimate of drug-likeness (QED) is 0.242. The molecule has 1 rings (SSSR count). The van der Waals surface area contributed by atoms with E-state index in [4.69, 9.17) is 4.74 Å². The van der Waals surface area contributed by atoms with Gasteiger partial charge >= 0.3 is 6.09 Å². The summed E-state index contributed by atoms with van der Waals surface area (Å²) in [6.45, 7) is 13.1. The van der Waals surface area contributed by atoms with Gasteiger partial charge in [0.25, 0.3) is 0 Å². The molecule has 0 saturated carbocycles. The number of nitrogens with zero attached hydrogens (tertiary/aromatic N) is 3. The van der Waals surface area contributed by atoms with Crippen molar-refractivity contribution in [2.75, 3.05) is 32.8 Å². The van der Waals surface area contributed by atoms with Gasteiger partial charge in [-0.15, -0.1) is 0 Å². The highest BCUT2D eigenvalue weighted by Gasteiger charge is 2.22. The molecule has 0 aliphatic carbocycles. The fraction of sp³-hybridized carbons (Fsp3) is 0.708. The number of ether oxygens (including phenoxy) is 1. The minimum Gasteiger partial charge on any atom is -0.444 e.